The van der Waals surface area contributed by atoms with Crippen molar-refractivity contribution >= 4 is 17.3 Å². The third kappa shape index (κ3) is 2.39. The Labute approximate surface area is 70.2 Å². The van der Waals surface area contributed by atoms with Gasteiger partial charge in [-0.1, -0.05) is 23.7 Å². The predicted octanol–water partition coefficient (Wildman–Crippen LogP) is 2.72. The van der Waals surface area contributed by atoms with Crippen molar-refractivity contribution in [1.29, 1.82) is 0 Å². The standard InChI is InChI=1S/C8H9ClFN/c9-7-3-1-2-4-8(7)11-6-5-10/h1-4,11H,5-6H2. The Kier molecular flexibility index (Phi) is 3.17. The van der Waals surface area contributed by atoms with Gasteiger partial charge < -0.3 is 5.32 Å². The summed E-state index contributed by atoms with van der Waals surface area (Å²) in [5, 5.41) is 3.48. The summed E-state index contributed by atoms with van der Waals surface area (Å²) in [5.74, 6) is 0. The first kappa shape index (κ1) is 8.34. The maximum Gasteiger partial charge on any atom is 0.107 e. The second-order valence-electron chi connectivity index (χ2n) is 2.10. The van der Waals surface area contributed by atoms with E-state index in [1.807, 2.05) is 18.2 Å². The molecular weight excluding hydrogens is 165 g/mol. The van der Waals surface area contributed by atoms with Crippen LogP contribution in [0.5, 0.6) is 0 Å². The van der Waals surface area contributed by atoms with Crippen molar-refractivity contribution in [2.24, 2.45) is 0 Å². The molecule has 1 nitrogen and oxygen atoms in total. The molecule has 0 heterocycles. The molecule has 0 atom stereocenters. The van der Waals surface area contributed by atoms with Crippen molar-refractivity contribution < 1.29 is 4.39 Å². The lowest BCUT2D eigenvalue weighted by atomic mass is 10.3. The molecule has 0 spiro atoms. The van der Waals surface area contributed by atoms with Crippen LogP contribution in [0.4, 0.5) is 10.1 Å². The summed E-state index contributed by atoms with van der Waals surface area (Å²) in [7, 11) is 0. The van der Waals surface area contributed by atoms with Crippen LogP contribution in [0, 0.1) is 0 Å². The minimum absolute atomic E-state index is 0.309. The van der Waals surface area contributed by atoms with E-state index in [-0.39, 0.29) is 6.67 Å². The zero-order chi connectivity index (χ0) is 8.10. The Morgan fingerprint density at radius 3 is 2.73 bits per heavy atom. The molecule has 0 saturated carbocycles. The van der Waals surface area contributed by atoms with Gasteiger partial charge >= 0.3 is 0 Å². The molecule has 0 aromatic heterocycles. The van der Waals surface area contributed by atoms with Crippen molar-refractivity contribution in [3.05, 3.63) is 29.3 Å². The first-order valence-electron chi connectivity index (χ1n) is 3.39. The monoisotopic (exact) mass is 173 g/mol. The second kappa shape index (κ2) is 4.19. The van der Waals surface area contributed by atoms with Crippen LogP contribution in [-0.4, -0.2) is 13.2 Å². The third-order valence-electron chi connectivity index (χ3n) is 1.28. The first-order valence-corrected chi connectivity index (χ1v) is 3.77. The average Bonchev–Trinajstić information content (AvgIpc) is 2.03. The summed E-state index contributed by atoms with van der Waals surface area (Å²) in [4.78, 5) is 0. The van der Waals surface area contributed by atoms with E-state index in [1.54, 1.807) is 6.07 Å². The van der Waals surface area contributed by atoms with Gasteiger partial charge in [-0.05, 0) is 12.1 Å². The van der Waals surface area contributed by atoms with E-state index in [0.717, 1.165) is 5.69 Å². The normalized spacial score (nSPS) is 9.64. The highest BCUT2D eigenvalue weighted by atomic mass is 35.5. The lowest BCUT2D eigenvalue weighted by Gasteiger charge is -2.04. The fourth-order valence-corrected chi connectivity index (χ4v) is 0.989. The van der Waals surface area contributed by atoms with Crippen molar-refractivity contribution in [1.82, 2.24) is 0 Å². The number of anilines is 1. The molecule has 0 saturated heterocycles. The van der Waals surface area contributed by atoms with Gasteiger partial charge in [0.15, 0.2) is 0 Å². The van der Waals surface area contributed by atoms with Crippen LogP contribution in [0.3, 0.4) is 0 Å². The zero-order valence-electron chi connectivity index (χ0n) is 5.98. The largest absolute Gasteiger partial charge is 0.381 e. The van der Waals surface area contributed by atoms with Gasteiger partial charge in [0.25, 0.3) is 0 Å². The molecule has 0 aliphatic heterocycles. The van der Waals surface area contributed by atoms with Crippen LogP contribution in [0.2, 0.25) is 5.02 Å². The van der Waals surface area contributed by atoms with Crippen LogP contribution >= 0.6 is 11.6 Å². The molecule has 1 aromatic carbocycles. The Morgan fingerprint density at radius 2 is 2.09 bits per heavy atom. The smallest absolute Gasteiger partial charge is 0.107 e. The number of hydrogen-bond acceptors (Lipinski definition) is 1. The van der Waals surface area contributed by atoms with Gasteiger partial charge in [-0.3, -0.25) is 0 Å². The number of rotatable bonds is 3. The van der Waals surface area contributed by atoms with E-state index < -0.39 is 0 Å². The molecule has 0 amide bonds. The molecule has 0 bridgehead atoms. The molecule has 0 aliphatic rings. The highest BCUT2D eigenvalue weighted by Gasteiger charge is 1.95. The van der Waals surface area contributed by atoms with Gasteiger partial charge in [-0.15, -0.1) is 0 Å². The molecule has 1 rings (SSSR count). The molecular formula is C8H9ClFN. The van der Waals surface area contributed by atoms with Crippen molar-refractivity contribution in [3.63, 3.8) is 0 Å². The van der Waals surface area contributed by atoms with E-state index in [2.05, 4.69) is 5.32 Å². The van der Waals surface area contributed by atoms with Crippen LogP contribution in [0.1, 0.15) is 0 Å². The molecule has 0 fully saturated rings. The first-order chi connectivity index (χ1) is 5.34. The molecule has 0 radical (unpaired) electrons. The second-order valence-corrected chi connectivity index (χ2v) is 2.50. The van der Waals surface area contributed by atoms with Crippen LogP contribution in [0.25, 0.3) is 0 Å². The van der Waals surface area contributed by atoms with E-state index in [0.29, 0.717) is 11.6 Å². The van der Waals surface area contributed by atoms with Gasteiger partial charge in [0, 0.05) is 6.54 Å². The Balaban J connectivity index is 2.62. The zero-order valence-corrected chi connectivity index (χ0v) is 6.74. The maximum atomic E-state index is 11.7. The van der Waals surface area contributed by atoms with E-state index in [4.69, 9.17) is 11.6 Å². The topological polar surface area (TPSA) is 12.0 Å². The maximum absolute atomic E-state index is 11.7. The summed E-state index contributed by atoms with van der Waals surface area (Å²) in [6, 6.07) is 7.27. The lowest BCUT2D eigenvalue weighted by molar-refractivity contribution is 0.513. The summed E-state index contributed by atoms with van der Waals surface area (Å²) >= 11 is 5.78. The lowest BCUT2D eigenvalue weighted by Crippen LogP contribution is -2.02. The van der Waals surface area contributed by atoms with Gasteiger partial charge in [0.05, 0.1) is 10.7 Å². The highest BCUT2D eigenvalue weighted by Crippen LogP contribution is 2.19. The fraction of sp³-hybridized carbons (Fsp3) is 0.250. The van der Waals surface area contributed by atoms with Crippen molar-refractivity contribution in [2.45, 2.75) is 0 Å². The van der Waals surface area contributed by atoms with Gasteiger partial charge in [-0.2, -0.15) is 0 Å². The number of benzene rings is 1. The molecule has 60 valence electrons. The number of para-hydroxylation sites is 1. The van der Waals surface area contributed by atoms with Gasteiger partial charge in [-0.25, -0.2) is 4.39 Å². The third-order valence-corrected chi connectivity index (χ3v) is 1.61. The molecule has 1 aromatic rings. The van der Waals surface area contributed by atoms with E-state index >= 15 is 0 Å². The molecule has 0 unspecified atom stereocenters. The van der Waals surface area contributed by atoms with Crippen LogP contribution < -0.4 is 5.32 Å². The molecule has 0 aliphatic carbocycles. The minimum Gasteiger partial charge on any atom is -0.381 e. The van der Waals surface area contributed by atoms with Crippen molar-refractivity contribution in [2.75, 3.05) is 18.5 Å². The van der Waals surface area contributed by atoms with Crippen LogP contribution in [-0.2, 0) is 0 Å². The molecule has 1 N–H and O–H groups in total. The number of alkyl halides is 1. The Hall–Kier alpha value is -0.760. The average molecular weight is 174 g/mol. The Morgan fingerprint density at radius 1 is 1.36 bits per heavy atom. The van der Waals surface area contributed by atoms with E-state index in [1.165, 1.54) is 0 Å². The highest BCUT2D eigenvalue weighted by molar-refractivity contribution is 6.33. The van der Waals surface area contributed by atoms with Gasteiger partial charge in [0.2, 0.25) is 0 Å². The fourth-order valence-electron chi connectivity index (χ4n) is 0.786. The minimum atomic E-state index is -0.384. The molecule has 3 heteroatoms. The molecule has 11 heavy (non-hydrogen) atoms. The predicted molar refractivity (Wildman–Crippen MR) is 45.9 cm³/mol. The Bertz CT molecular complexity index is 227. The number of halogens is 2. The SMILES string of the molecule is FCCNc1ccccc1Cl. The van der Waals surface area contributed by atoms with Crippen LogP contribution in [0.15, 0.2) is 24.3 Å². The number of nitrogens with one attached hydrogen (secondary N) is 1. The van der Waals surface area contributed by atoms with E-state index in [9.17, 15) is 4.39 Å². The van der Waals surface area contributed by atoms with Gasteiger partial charge in [0.1, 0.15) is 6.67 Å². The summed E-state index contributed by atoms with van der Waals surface area (Å²) in [5.41, 5.74) is 0.784. The summed E-state index contributed by atoms with van der Waals surface area (Å²) in [6.45, 7) is -0.0744. The quantitative estimate of drug-likeness (QED) is 0.741. The van der Waals surface area contributed by atoms with Crippen molar-refractivity contribution in [3.8, 4) is 0 Å². The summed E-state index contributed by atoms with van der Waals surface area (Å²) < 4.78 is 11.7. The number of hydrogen-bond donors (Lipinski definition) is 1. The summed E-state index contributed by atoms with van der Waals surface area (Å²) in [6.07, 6.45) is 0.